The van der Waals surface area contributed by atoms with Crippen molar-refractivity contribution in [2.75, 3.05) is 0 Å². The van der Waals surface area contributed by atoms with Crippen LogP contribution in [0.25, 0.3) is 6.08 Å². The van der Waals surface area contributed by atoms with Crippen molar-refractivity contribution in [2.45, 2.75) is 6.92 Å². The van der Waals surface area contributed by atoms with E-state index in [0.29, 0.717) is 4.91 Å². The Morgan fingerprint density at radius 1 is 1.20 bits per heavy atom. The lowest BCUT2D eigenvalue weighted by molar-refractivity contribution is -0.115. The number of thioether (sulfide) groups is 1. The number of rotatable bonds is 1. The molecule has 0 atom stereocenters. The molecule has 2 amide bonds. The average molecular weight is 219 g/mol. The number of carbonyl (C=O) groups excluding carboxylic acids is 2. The third kappa shape index (κ3) is 2.27. The van der Waals surface area contributed by atoms with Crippen molar-refractivity contribution < 1.29 is 9.59 Å². The van der Waals surface area contributed by atoms with E-state index in [0.717, 1.165) is 22.9 Å². The van der Waals surface area contributed by atoms with Gasteiger partial charge in [-0.3, -0.25) is 14.9 Å². The lowest BCUT2D eigenvalue weighted by Crippen LogP contribution is -2.17. The van der Waals surface area contributed by atoms with Gasteiger partial charge in [0.25, 0.3) is 11.1 Å². The third-order valence-corrected chi connectivity index (χ3v) is 2.83. The van der Waals surface area contributed by atoms with Crippen LogP contribution in [-0.2, 0) is 4.79 Å². The van der Waals surface area contributed by atoms with E-state index in [9.17, 15) is 9.59 Å². The summed E-state index contributed by atoms with van der Waals surface area (Å²) in [5.74, 6) is -0.314. The quantitative estimate of drug-likeness (QED) is 0.737. The molecule has 0 bridgehead atoms. The molecule has 1 fully saturated rings. The maximum absolute atomic E-state index is 11.2. The van der Waals surface area contributed by atoms with Gasteiger partial charge in [-0.25, -0.2) is 0 Å². The summed E-state index contributed by atoms with van der Waals surface area (Å²) in [6.45, 7) is 2.00. The Kier molecular flexibility index (Phi) is 2.60. The van der Waals surface area contributed by atoms with E-state index in [1.165, 1.54) is 0 Å². The Bertz CT molecular complexity index is 448. The van der Waals surface area contributed by atoms with Crippen molar-refractivity contribution in [3.63, 3.8) is 0 Å². The Labute approximate surface area is 91.6 Å². The highest BCUT2D eigenvalue weighted by molar-refractivity contribution is 8.18. The van der Waals surface area contributed by atoms with Crippen LogP contribution >= 0.6 is 11.8 Å². The highest BCUT2D eigenvalue weighted by Crippen LogP contribution is 2.25. The molecule has 0 aromatic heterocycles. The number of amides is 2. The van der Waals surface area contributed by atoms with Gasteiger partial charge in [-0.1, -0.05) is 29.8 Å². The fraction of sp³-hybridized carbons (Fsp3) is 0.0909. The summed E-state index contributed by atoms with van der Waals surface area (Å²) in [5.41, 5.74) is 2.09. The van der Waals surface area contributed by atoms with Crippen molar-refractivity contribution >= 4 is 29.0 Å². The minimum absolute atomic E-state index is 0.307. The minimum Gasteiger partial charge on any atom is -0.282 e. The van der Waals surface area contributed by atoms with Crippen LogP contribution in [0.3, 0.4) is 0 Å². The van der Waals surface area contributed by atoms with Gasteiger partial charge in [-0.15, -0.1) is 0 Å². The lowest BCUT2D eigenvalue weighted by Gasteiger charge is -1.95. The van der Waals surface area contributed by atoms with E-state index in [1.807, 2.05) is 31.2 Å². The fourth-order valence-electron chi connectivity index (χ4n) is 1.24. The van der Waals surface area contributed by atoms with Crippen LogP contribution in [0.2, 0.25) is 0 Å². The molecule has 0 spiro atoms. The first-order valence-corrected chi connectivity index (χ1v) is 5.28. The highest BCUT2D eigenvalue weighted by atomic mass is 32.2. The molecule has 1 aliphatic heterocycles. The molecule has 1 aromatic carbocycles. The monoisotopic (exact) mass is 219 g/mol. The van der Waals surface area contributed by atoms with Crippen molar-refractivity contribution in [1.82, 2.24) is 5.32 Å². The normalized spacial score (nSPS) is 18.3. The highest BCUT2D eigenvalue weighted by Gasteiger charge is 2.24. The fourth-order valence-corrected chi connectivity index (χ4v) is 1.92. The average Bonchev–Trinajstić information content (AvgIpc) is 2.49. The smallest absolute Gasteiger partial charge is 0.282 e. The zero-order chi connectivity index (χ0) is 10.8. The molecule has 3 nitrogen and oxygen atoms in total. The lowest BCUT2D eigenvalue weighted by atomic mass is 10.1. The molecule has 1 aliphatic rings. The van der Waals surface area contributed by atoms with Crippen LogP contribution in [-0.4, -0.2) is 11.1 Å². The van der Waals surface area contributed by atoms with E-state index in [-0.39, 0.29) is 11.1 Å². The Hall–Kier alpha value is -1.55. The topological polar surface area (TPSA) is 46.2 Å². The molecule has 1 N–H and O–H groups in total. The third-order valence-electron chi connectivity index (χ3n) is 2.02. The van der Waals surface area contributed by atoms with Crippen LogP contribution in [0.15, 0.2) is 29.2 Å². The summed E-state index contributed by atoms with van der Waals surface area (Å²) in [6.07, 6.45) is 1.71. The zero-order valence-corrected chi connectivity index (χ0v) is 8.93. The van der Waals surface area contributed by atoms with Crippen LogP contribution in [0, 0.1) is 6.92 Å². The van der Waals surface area contributed by atoms with Crippen LogP contribution in [0.1, 0.15) is 11.1 Å². The van der Waals surface area contributed by atoms with Crippen molar-refractivity contribution in [2.24, 2.45) is 0 Å². The second-order valence-corrected chi connectivity index (χ2v) is 4.28. The first-order valence-electron chi connectivity index (χ1n) is 4.47. The van der Waals surface area contributed by atoms with Crippen LogP contribution in [0.5, 0.6) is 0 Å². The number of aryl methyl sites for hydroxylation is 1. The predicted octanol–water partition coefficient (Wildman–Crippen LogP) is 2.32. The van der Waals surface area contributed by atoms with E-state index < -0.39 is 0 Å². The van der Waals surface area contributed by atoms with Gasteiger partial charge >= 0.3 is 0 Å². The molecule has 0 saturated carbocycles. The summed E-state index contributed by atoms with van der Waals surface area (Å²) < 4.78 is 0. The summed E-state index contributed by atoms with van der Waals surface area (Å²) in [7, 11) is 0. The number of hydrogen-bond donors (Lipinski definition) is 1. The van der Waals surface area contributed by atoms with Gasteiger partial charge < -0.3 is 0 Å². The van der Waals surface area contributed by atoms with Gasteiger partial charge in [0, 0.05) is 0 Å². The maximum atomic E-state index is 11.2. The molecule has 2 rings (SSSR count). The molecule has 76 valence electrons. The maximum Gasteiger partial charge on any atom is 0.290 e. The Morgan fingerprint density at radius 2 is 1.87 bits per heavy atom. The van der Waals surface area contributed by atoms with E-state index >= 15 is 0 Å². The SMILES string of the molecule is Cc1ccc(/C=C2/SC(=O)NC2=O)cc1. The van der Waals surface area contributed by atoms with E-state index in [1.54, 1.807) is 6.08 Å². The largest absolute Gasteiger partial charge is 0.290 e. The standard InChI is InChI=1S/C11H9NO2S/c1-7-2-4-8(5-3-7)6-9-10(13)12-11(14)15-9/h2-6H,1H3,(H,12,13,14)/b9-6+. The molecule has 0 aliphatic carbocycles. The summed E-state index contributed by atoms with van der Waals surface area (Å²) in [6, 6.07) is 7.76. The number of carbonyl (C=O) groups is 2. The Balaban J connectivity index is 2.27. The molecule has 15 heavy (non-hydrogen) atoms. The summed E-state index contributed by atoms with van der Waals surface area (Å²) >= 11 is 0.934. The number of nitrogens with one attached hydrogen (secondary N) is 1. The molecule has 1 aromatic rings. The van der Waals surface area contributed by atoms with Gasteiger partial charge in [-0.2, -0.15) is 0 Å². The van der Waals surface area contributed by atoms with Gasteiger partial charge in [-0.05, 0) is 30.3 Å². The molecular weight excluding hydrogens is 210 g/mol. The van der Waals surface area contributed by atoms with Crippen LogP contribution in [0.4, 0.5) is 4.79 Å². The first kappa shape index (κ1) is 9.98. The van der Waals surface area contributed by atoms with E-state index in [2.05, 4.69) is 5.32 Å². The first-order chi connectivity index (χ1) is 7.15. The number of benzene rings is 1. The minimum atomic E-state index is -0.314. The number of hydrogen-bond acceptors (Lipinski definition) is 3. The van der Waals surface area contributed by atoms with Crippen molar-refractivity contribution in [3.8, 4) is 0 Å². The second kappa shape index (κ2) is 3.90. The molecule has 1 heterocycles. The molecule has 1 saturated heterocycles. The predicted molar refractivity (Wildman–Crippen MR) is 60.3 cm³/mol. The molecular formula is C11H9NO2S. The van der Waals surface area contributed by atoms with Crippen LogP contribution < -0.4 is 5.32 Å². The van der Waals surface area contributed by atoms with Crippen molar-refractivity contribution in [1.29, 1.82) is 0 Å². The number of imide groups is 1. The van der Waals surface area contributed by atoms with Gasteiger partial charge in [0.2, 0.25) is 0 Å². The Morgan fingerprint density at radius 3 is 2.40 bits per heavy atom. The van der Waals surface area contributed by atoms with Crippen molar-refractivity contribution in [3.05, 3.63) is 40.3 Å². The van der Waals surface area contributed by atoms with Gasteiger partial charge in [0.1, 0.15) is 0 Å². The molecule has 0 unspecified atom stereocenters. The molecule has 4 heteroatoms. The summed E-state index contributed by atoms with van der Waals surface area (Å²) in [4.78, 5) is 22.6. The summed E-state index contributed by atoms with van der Waals surface area (Å²) in [5, 5.41) is 1.91. The van der Waals surface area contributed by atoms with E-state index in [4.69, 9.17) is 0 Å². The zero-order valence-electron chi connectivity index (χ0n) is 8.11. The van der Waals surface area contributed by atoms with Gasteiger partial charge in [0.15, 0.2) is 0 Å². The van der Waals surface area contributed by atoms with Gasteiger partial charge in [0.05, 0.1) is 4.91 Å². The molecule has 0 radical (unpaired) electrons. The second-order valence-electron chi connectivity index (χ2n) is 3.26.